The van der Waals surface area contributed by atoms with E-state index in [2.05, 4.69) is 18.4 Å². The summed E-state index contributed by atoms with van der Waals surface area (Å²) < 4.78 is 11.0. The number of rotatable bonds is 2. The van der Waals surface area contributed by atoms with Crippen LogP contribution in [0.15, 0.2) is 12.7 Å². The van der Waals surface area contributed by atoms with E-state index in [0.717, 1.165) is 0 Å². The highest BCUT2D eigenvalue weighted by Gasteiger charge is 2.42. The minimum Gasteiger partial charge on any atom is -0.377 e. The lowest BCUT2D eigenvalue weighted by Gasteiger charge is -2.17. The fraction of sp³-hybridized carbons (Fsp3) is 0.636. The first kappa shape index (κ1) is 11.3. The Labute approximate surface area is 84.7 Å². The summed E-state index contributed by atoms with van der Waals surface area (Å²) >= 11 is 0. The molecule has 0 saturated carbocycles. The molecule has 0 aromatic carbocycles. The molecule has 0 amide bonds. The van der Waals surface area contributed by atoms with Crippen molar-refractivity contribution in [1.82, 2.24) is 0 Å². The second kappa shape index (κ2) is 4.14. The number of aliphatic hydroxyl groups is 1. The minimum absolute atomic E-state index is 0.305. The van der Waals surface area contributed by atoms with Crippen LogP contribution in [0.4, 0.5) is 0 Å². The summed E-state index contributed by atoms with van der Waals surface area (Å²) in [7, 11) is 0. The molecule has 1 aliphatic rings. The molecule has 3 heteroatoms. The van der Waals surface area contributed by atoms with Crippen molar-refractivity contribution in [2.45, 2.75) is 44.9 Å². The average molecular weight is 196 g/mol. The quantitative estimate of drug-likeness (QED) is 0.530. The predicted molar refractivity (Wildman–Crippen MR) is 53.5 cm³/mol. The molecule has 0 aliphatic carbocycles. The van der Waals surface area contributed by atoms with Crippen molar-refractivity contribution < 1.29 is 14.6 Å². The monoisotopic (exact) mass is 196 g/mol. The van der Waals surface area contributed by atoms with Gasteiger partial charge in [0.15, 0.2) is 5.79 Å². The van der Waals surface area contributed by atoms with E-state index in [9.17, 15) is 5.11 Å². The maximum atomic E-state index is 9.66. The average Bonchev–Trinajstić information content (AvgIpc) is 2.41. The van der Waals surface area contributed by atoms with Crippen LogP contribution in [0.5, 0.6) is 0 Å². The van der Waals surface area contributed by atoms with Gasteiger partial charge in [-0.3, -0.25) is 0 Å². The lowest BCUT2D eigenvalue weighted by molar-refractivity contribution is -0.149. The highest BCUT2D eigenvalue weighted by atomic mass is 16.8. The predicted octanol–water partition coefficient (Wildman–Crippen LogP) is 1.08. The van der Waals surface area contributed by atoms with Gasteiger partial charge in [0.1, 0.15) is 18.3 Å². The lowest BCUT2D eigenvalue weighted by atomic mass is 10.1. The maximum absolute atomic E-state index is 9.66. The highest BCUT2D eigenvalue weighted by molar-refractivity contribution is 5.10. The van der Waals surface area contributed by atoms with Gasteiger partial charge in [-0.1, -0.05) is 12.0 Å². The molecular weight excluding hydrogens is 180 g/mol. The highest BCUT2D eigenvalue weighted by Crippen LogP contribution is 2.30. The molecule has 1 N–H and O–H groups in total. The van der Waals surface area contributed by atoms with Gasteiger partial charge in [-0.25, -0.2) is 0 Å². The SMILES string of the molecule is C=C[C@@H]1OC(C)(C)O[C@@H]1[C@H](O)C#CC. The Hall–Kier alpha value is -0.820. The number of ether oxygens (including phenoxy) is 2. The van der Waals surface area contributed by atoms with Gasteiger partial charge in [0.2, 0.25) is 0 Å². The standard InChI is InChI=1S/C11H16O3/c1-5-7-8(12)10-9(6-2)13-11(3,4)14-10/h6,8-10,12H,2H2,1,3-4H3/t8-,9+,10-/m1/s1. The molecule has 0 radical (unpaired) electrons. The molecule has 1 rings (SSSR count). The maximum Gasteiger partial charge on any atom is 0.164 e. The van der Waals surface area contributed by atoms with E-state index >= 15 is 0 Å². The molecule has 3 nitrogen and oxygen atoms in total. The van der Waals surface area contributed by atoms with E-state index in [1.165, 1.54) is 0 Å². The van der Waals surface area contributed by atoms with E-state index in [4.69, 9.17) is 9.47 Å². The molecule has 1 aliphatic heterocycles. The zero-order valence-electron chi connectivity index (χ0n) is 8.78. The van der Waals surface area contributed by atoms with Gasteiger partial charge in [0, 0.05) is 0 Å². The van der Waals surface area contributed by atoms with Crippen LogP contribution in [0.2, 0.25) is 0 Å². The molecule has 3 atom stereocenters. The minimum atomic E-state index is -0.829. The van der Waals surface area contributed by atoms with Gasteiger partial charge in [-0.15, -0.1) is 12.5 Å². The fourth-order valence-electron chi connectivity index (χ4n) is 1.47. The topological polar surface area (TPSA) is 38.7 Å². The Kier molecular flexibility index (Phi) is 3.33. The third kappa shape index (κ3) is 2.36. The van der Waals surface area contributed by atoms with Gasteiger partial charge < -0.3 is 14.6 Å². The molecule has 0 aromatic rings. The van der Waals surface area contributed by atoms with Gasteiger partial charge in [0.05, 0.1) is 0 Å². The molecule has 0 bridgehead atoms. The zero-order valence-corrected chi connectivity index (χ0v) is 8.78. The molecular formula is C11H16O3. The van der Waals surface area contributed by atoms with Gasteiger partial charge in [0.25, 0.3) is 0 Å². The zero-order chi connectivity index (χ0) is 10.8. The number of hydrogen-bond acceptors (Lipinski definition) is 3. The van der Waals surface area contributed by atoms with Crippen molar-refractivity contribution in [1.29, 1.82) is 0 Å². The summed E-state index contributed by atoms with van der Waals surface area (Å²) in [6.45, 7) is 8.91. The fourth-order valence-corrected chi connectivity index (χ4v) is 1.47. The first-order valence-corrected chi connectivity index (χ1v) is 4.58. The Bertz CT molecular complexity index is 272. The van der Waals surface area contributed by atoms with E-state index in [0.29, 0.717) is 0 Å². The van der Waals surface area contributed by atoms with Gasteiger partial charge in [-0.2, -0.15) is 0 Å². The van der Waals surface area contributed by atoms with Crippen LogP contribution < -0.4 is 0 Å². The van der Waals surface area contributed by atoms with Gasteiger partial charge in [-0.05, 0) is 20.8 Å². The molecule has 1 saturated heterocycles. The van der Waals surface area contributed by atoms with Crippen LogP contribution in [0.3, 0.4) is 0 Å². The molecule has 0 unspecified atom stereocenters. The van der Waals surface area contributed by atoms with Crippen LogP contribution in [0.1, 0.15) is 20.8 Å². The van der Waals surface area contributed by atoms with Crippen LogP contribution in [0.25, 0.3) is 0 Å². The molecule has 0 aromatic heterocycles. The molecule has 14 heavy (non-hydrogen) atoms. The summed E-state index contributed by atoms with van der Waals surface area (Å²) in [5, 5.41) is 9.66. The summed E-state index contributed by atoms with van der Waals surface area (Å²) in [5.41, 5.74) is 0. The van der Waals surface area contributed by atoms with Crippen molar-refractivity contribution in [3.63, 3.8) is 0 Å². The van der Waals surface area contributed by atoms with Crippen LogP contribution in [-0.2, 0) is 9.47 Å². The number of hydrogen-bond donors (Lipinski definition) is 1. The third-order valence-electron chi connectivity index (χ3n) is 2.00. The Morgan fingerprint density at radius 2 is 2.14 bits per heavy atom. The molecule has 78 valence electrons. The summed E-state index contributed by atoms with van der Waals surface area (Å²) in [6.07, 6.45) is 0.0422. The smallest absolute Gasteiger partial charge is 0.164 e. The summed E-state index contributed by atoms with van der Waals surface area (Å²) in [4.78, 5) is 0. The second-order valence-corrected chi connectivity index (χ2v) is 3.64. The molecule has 1 heterocycles. The van der Waals surface area contributed by atoms with Crippen molar-refractivity contribution in [3.8, 4) is 11.8 Å². The van der Waals surface area contributed by atoms with E-state index < -0.39 is 18.0 Å². The van der Waals surface area contributed by atoms with Crippen molar-refractivity contribution >= 4 is 0 Å². The van der Waals surface area contributed by atoms with Crippen molar-refractivity contribution in [3.05, 3.63) is 12.7 Å². The Morgan fingerprint density at radius 3 is 2.64 bits per heavy atom. The van der Waals surface area contributed by atoms with Crippen LogP contribution in [-0.4, -0.2) is 29.2 Å². The largest absolute Gasteiger partial charge is 0.377 e. The molecule has 1 fully saturated rings. The Balaban J connectivity index is 2.76. The first-order chi connectivity index (χ1) is 6.50. The van der Waals surface area contributed by atoms with Crippen molar-refractivity contribution in [2.24, 2.45) is 0 Å². The Morgan fingerprint density at radius 1 is 1.50 bits per heavy atom. The molecule has 0 spiro atoms. The normalized spacial score (nSPS) is 31.7. The van der Waals surface area contributed by atoms with Crippen molar-refractivity contribution in [2.75, 3.05) is 0 Å². The summed E-state index contributed by atoms with van der Waals surface area (Å²) in [5.74, 6) is 4.61. The van der Waals surface area contributed by atoms with Gasteiger partial charge >= 0.3 is 0 Å². The van der Waals surface area contributed by atoms with E-state index in [-0.39, 0.29) is 6.10 Å². The summed E-state index contributed by atoms with van der Waals surface area (Å²) in [6, 6.07) is 0. The van der Waals surface area contributed by atoms with E-state index in [1.54, 1.807) is 26.8 Å². The van der Waals surface area contributed by atoms with Crippen LogP contribution in [0, 0.1) is 11.8 Å². The van der Waals surface area contributed by atoms with Crippen LogP contribution >= 0.6 is 0 Å². The number of aliphatic hydroxyl groups excluding tert-OH is 1. The van der Waals surface area contributed by atoms with E-state index in [1.807, 2.05) is 0 Å². The first-order valence-electron chi connectivity index (χ1n) is 4.58. The third-order valence-corrected chi connectivity index (χ3v) is 2.00. The second-order valence-electron chi connectivity index (χ2n) is 3.64. The lowest BCUT2D eigenvalue weighted by Crippen LogP contribution is -2.33.